The molecule has 2 aliphatic rings. The zero-order valence-corrected chi connectivity index (χ0v) is 17.2. The zero-order valence-electron chi connectivity index (χ0n) is 17.2. The fourth-order valence-electron chi connectivity index (χ4n) is 4.29. The molecule has 1 aromatic carbocycles. The van der Waals surface area contributed by atoms with Gasteiger partial charge in [0.1, 0.15) is 11.9 Å². The molecule has 1 aliphatic heterocycles. The first-order valence-corrected chi connectivity index (χ1v) is 10.3. The number of rotatable bonds is 5. The van der Waals surface area contributed by atoms with E-state index in [1.807, 2.05) is 24.2 Å². The first-order chi connectivity index (χ1) is 14.7. The highest BCUT2D eigenvalue weighted by Gasteiger charge is 2.36. The van der Waals surface area contributed by atoms with Gasteiger partial charge in [0, 0.05) is 37.3 Å². The van der Waals surface area contributed by atoms with E-state index in [1.165, 1.54) is 12.1 Å². The first-order valence-electron chi connectivity index (χ1n) is 10.3. The number of aliphatic imine (C=N–C) groups is 1. The Morgan fingerprint density at radius 3 is 2.48 bits per heavy atom. The van der Waals surface area contributed by atoms with Gasteiger partial charge in [-0.2, -0.15) is 5.10 Å². The normalized spacial score (nSPS) is 21.1. The van der Waals surface area contributed by atoms with Crippen LogP contribution in [0.5, 0.6) is 5.75 Å². The highest BCUT2D eigenvalue weighted by Crippen LogP contribution is 2.38. The van der Waals surface area contributed by atoms with Gasteiger partial charge in [-0.3, -0.25) is 9.67 Å². The summed E-state index contributed by atoms with van der Waals surface area (Å²) in [5, 5.41) is 15.5. The number of ether oxygens (including phenoxy) is 1. The third kappa shape index (κ3) is 5.10. The van der Waals surface area contributed by atoms with Gasteiger partial charge in [-0.1, -0.05) is 19.3 Å². The molecule has 2 heterocycles. The van der Waals surface area contributed by atoms with Crippen LogP contribution in [-0.4, -0.2) is 44.5 Å². The van der Waals surface area contributed by atoms with Crippen LogP contribution in [0.15, 0.2) is 47.7 Å². The Bertz CT molecular complexity index is 960. The summed E-state index contributed by atoms with van der Waals surface area (Å²) in [6.07, 6.45) is 6.46. The van der Waals surface area contributed by atoms with Gasteiger partial charge >= 0.3 is 6.36 Å². The van der Waals surface area contributed by atoms with Crippen LogP contribution in [0.4, 0.5) is 13.2 Å². The quantitative estimate of drug-likeness (QED) is 0.756. The molecule has 166 valence electrons. The predicted molar refractivity (Wildman–Crippen MR) is 110 cm³/mol. The van der Waals surface area contributed by atoms with Gasteiger partial charge in [0.2, 0.25) is 0 Å². The SMILES string of the molecule is Cn1cc(C2N=CC=C(c3ccc(OC(F)(F)F)cc3)N2CC2(O)CCCCC2)cn1. The molecule has 0 bridgehead atoms. The summed E-state index contributed by atoms with van der Waals surface area (Å²) in [5.41, 5.74) is 1.53. The third-order valence-corrected chi connectivity index (χ3v) is 5.72. The van der Waals surface area contributed by atoms with Crippen LogP contribution < -0.4 is 4.74 Å². The molecule has 1 aromatic heterocycles. The van der Waals surface area contributed by atoms with Crippen molar-refractivity contribution >= 4 is 11.9 Å². The van der Waals surface area contributed by atoms with Crippen molar-refractivity contribution < 1.29 is 23.0 Å². The Morgan fingerprint density at radius 1 is 1.16 bits per heavy atom. The summed E-state index contributed by atoms with van der Waals surface area (Å²) in [7, 11) is 1.82. The number of hydrogen-bond donors (Lipinski definition) is 1. The van der Waals surface area contributed by atoms with Crippen molar-refractivity contribution in [2.45, 2.75) is 50.2 Å². The lowest BCUT2D eigenvalue weighted by molar-refractivity contribution is -0.274. The minimum absolute atomic E-state index is 0.275. The van der Waals surface area contributed by atoms with Crippen molar-refractivity contribution in [2.24, 2.45) is 12.0 Å². The van der Waals surface area contributed by atoms with E-state index in [4.69, 9.17) is 0 Å². The molecular formula is C22H25F3N4O2. The number of aryl methyl sites for hydroxylation is 1. The molecule has 0 radical (unpaired) electrons. The second kappa shape index (κ2) is 8.37. The van der Waals surface area contributed by atoms with E-state index in [1.54, 1.807) is 29.2 Å². The van der Waals surface area contributed by atoms with E-state index in [2.05, 4.69) is 14.8 Å². The Hall–Kier alpha value is -2.81. The molecule has 1 aliphatic carbocycles. The second-order valence-electron chi connectivity index (χ2n) is 8.16. The van der Waals surface area contributed by atoms with Gasteiger partial charge in [0.05, 0.1) is 11.8 Å². The van der Waals surface area contributed by atoms with Crippen molar-refractivity contribution in [3.8, 4) is 5.75 Å². The molecule has 0 amide bonds. The maximum absolute atomic E-state index is 12.5. The fourth-order valence-corrected chi connectivity index (χ4v) is 4.29. The van der Waals surface area contributed by atoms with Crippen LogP contribution >= 0.6 is 0 Å². The molecule has 1 N–H and O–H groups in total. The van der Waals surface area contributed by atoms with E-state index < -0.39 is 12.0 Å². The smallest absolute Gasteiger partial charge is 0.406 e. The monoisotopic (exact) mass is 434 g/mol. The summed E-state index contributed by atoms with van der Waals surface area (Å²) in [4.78, 5) is 6.64. The lowest BCUT2D eigenvalue weighted by atomic mass is 9.84. The van der Waals surface area contributed by atoms with Crippen LogP contribution in [0, 0.1) is 0 Å². The number of hydrogen-bond acceptors (Lipinski definition) is 5. The van der Waals surface area contributed by atoms with E-state index >= 15 is 0 Å². The van der Waals surface area contributed by atoms with Crippen LogP contribution in [0.25, 0.3) is 5.70 Å². The van der Waals surface area contributed by atoms with Crippen molar-refractivity contribution in [1.82, 2.24) is 14.7 Å². The summed E-state index contributed by atoms with van der Waals surface area (Å²) >= 11 is 0. The van der Waals surface area contributed by atoms with Crippen molar-refractivity contribution in [1.29, 1.82) is 0 Å². The first kappa shape index (κ1) is 21.4. The third-order valence-electron chi connectivity index (χ3n) is 5.72. The molecule has 4 rings (SSSR count). The average molecular weight is 434 g/mol. The summed E-state index contributed by atoms with van der Waals surface area (Å²) in [5.74, 6) is -0.275. The Kier molecular flexibility index (Phi) is 5.79. The highest BCUT2D eigenvalue weighted by molar-refractivity contribution is 5.86. The number of alkyl halides is 3. The van der Waals surface area contributed by atoms with Gasteiger partial charge < -0.3 is 14.7 Å². The van der Waals surface area contributed by atoms with Crippen LogP contribution in [-0.2, 0) is 7.05 Å². The fraction of sp³-hybridized carbons (Fsp3) is 0.455. The number of benzene rings is 1. The maximum atomic E-state index is 12.5. The van der Waals surface area contributed by atoms with Gasteiger partial charge in [0.25, 0.3) is 0 Å². The molecular weight excluding hydrogens is 409 g/mol. The largest absolute Gasteiger partial charge is 0.573 e. The van der Waals surface area contributed by atoms with Crippen molar-refractivity contribution in [2.75, 3.05) is 6.54 Å². The molecule has 6 nitrogen and oxygen atoms in total. The summed E-state index contributed by atoms with van der Waals surface area (Å²) in [6.45, 7) is 0.372. The van der Waals surface area contributed by atoms with Crippen LogP contribution in [0.1, 0.15) is 49.4 Å². The Balaban J connectivity index is 1.65. The van der Waals surface area contributed by atoms with Gasteiger partial charge in [0.15, 0.2) is 0 Å². The number of nitrogens with zero attached hydrogens (tertiary/aromatic N) is 4. The molecule has 0 saturated heterocycles. The highest BCUT2D eigenvalue weighted by atomic mass is 19.4. The number of halogens is 3. The molecule has 1 saturated carbocycles. The summed E-state index contributed by atoms with van der Waals surface area (Å²) in [6, 6.07) is 5.76. The Morgan fingerprint density at radius 2 is 1.87 bits per heavy atom. The minimum atomic E-state index is -4.74. The number of allylic oxidation sites excluding steroid dienone is 1. The topological polar surface area (TPSA) is 62.9 Å². The molecule has 31 heavy (non-hydrogen) atoms. The molecule has 1 fully saturated rings. The second-order valence-corrected chi connectivity index (χ2v) is 8.16. The van der Waals surface area contributed by atoms with Gasteiger partial charge in [-0.15, -0.1) is 13.2 Å². The lowest BCUT2D eigenvalue weighted by Gasteiger charge is -2.42. The van der Waals surface area contributed by atoms with E-state index in [-0.39, 0.29) is 11.9 Å². The number of aromatic nitrogens is 2. The molecule has 1 unspecified atom stereocenters. The average Bonchev–Trinajstić information content (AvgIpc) is 3.14. The van der Waals surface area contributed by atoms with Crippen molar-refractivity contribution in [3.05, 3.63) is 53.9 Å². The maximum Gasteiger partial charge on any atom is 0.573 e. The van der Waals surface area contributed by atoms with E-state index in [0.29, 0.717) is 24.9 Å². The van der Waals surface area contributed by atoms with Crippen LogP contribution in [0.2, 0.25) is 0 Å². The summed E-state index contributed by atoms with van der Waals surface area (Å²) < 4.78 is 43.2. The Labute approximate surface area is 178 Å². The lowest BCUT2D eigenvalue weighted by Crippen LogP contribution is -2.45. The van der Waals surface area contributed by atoms with Crippen LogP contribution in [0.3, 0.4) is 0 Å². The van der Waals surface area contributed by atoms with Gasteiger partial charge in [-0.25, -0.2) is 0 Å². The number of aliphatic hydroxyl groups is 1. The van der Waals surface area contributed by atoms with E-state index in [0.717, 1.165) is 30.5 Å². The predicted octanol–water partition coefficient (Wildman–Crippen LogP) is 4.44. The number of β-amino-alcohol motifs (C(OH)–C–C–N with tert-alkyl or cyclic N) is 1. The molecule has 0 spiro atoms. The molecule has 2 aromatic rings. The molecule has 1 atom stereocenters. The minimum Gasteiger partial charge on any atom is -0.406 e. The molecule has 9 heteroatoms. The standard InChI is InChI=1S/C22H25F3N4O2/c1-28-14-17(13-27-28)20-26-12-9-19(29(20)15-21(30)10-3-2-4-11-21)16-5-7-18(8-6-16)31-22(23,24)25/h5-9,12-14,20,30H,2-4,10-11,15H2,1H3. The van der Waals surface area contributed by atoms with Crippen molar-refractivity contribution in [3.63, 3.8) is 0 Å². The van der Waals surface area contributed by atoms with Gasteiger partial charge in [-0.05, 0) is 48.7 Å². The zero-order chi connectivity index (χ0) is 22.1. The van der Waals surface area contributed by atoms with E-state index in [9.17, 15) is 18.3 Å².